The van der Waals surface area contributed by atoms with Crippen LogP contribution in [0.4, 0.5) is 0 Å². The summed E-state index contributed by atoms with van der Waals surface area (Å²) in [6.45, 7) is 0. The summed E-state index contributed by atoms with van der Waals surface area (Å²) < 4.78 is 7.17. The van der Waals surface area contributed by atoms with Gasteiger partial charge in [-0.2, -0.15) is 5.26 Å². The van der Waals surface area contributed by atoms with Gasteiger partial charge in [0, 0.05) is 50.0 Å². The van der Waals surface area contributed by atoms with Crippen LogP contribution in [-0.4, -0.2) is 13.7 Å². The number of nitrogens with zero attached hydrogens (tertiary/aromatic N) is 4. The van der Waals surface area contributed by atoms with Crippen molar-refractivity contribution in [2.45, 2.75) is 19.3 Å². The van der Waals surface area contributed by atoms with Gasteiger partial charge in [0.2, 0.25) is 0 Å². The Kier molecular flexibility index (Phi) is 7.67. The Morgan fingerprint density at radius 1 is 0.500 bits per heavy atom. The second-order valence-electron chi connectivity index (χ2n) is 15.6. The molecular weight excluding hydrogens is 729 g/mol. The van der Waals surface area contributed by atoms with Crippen molar-refractivity contribution in [1.29, 1.82) is 5.26 Å². The highest BCUT2D eigenvalue weighted by molar-refractivity contribution is 6.13. The molecule has 2 aliphatic rings. The third kappa shape index (κ3) is 4.86. The first kappa shape index (κ1) is 34.0. The lowest BCUT2D eigenvalue weighted by molar-refractivity contribution is 1.01. The van der Waals surface area contributed by atoms with Crippen molar-refractivity contribution in [3.05, 3.63) is 198 Å². The second kappa shape index (κ2) is 13.5. The standard InChI is InChI=1S/C56H36N4/c57-36-45-54(58-46-31-15-10-25-40(46)41-26-11-16-32-47(41)58)52(37-20-4-1-5-21-37)56(60-50-30-9-3-8-24-39(50)44-29-14-19-35-51(44)60)53(38-22-6-2-7-23-38)55(45)59-48-33-17-12-27-42(48)43-28-13-18-34-49(43)59/h1-2,4-6,8,10-22,24-29,31-35H,3,7,23H2. The van der Waals surface area contributed by atoms with Crippen LogP contribution in [0.1, 0.15) is 41.6 Å². The Morgan fingerprint density at radius 2 is 1.00 bits per heavy atom. The third-order valence-corrected chi connectivity index (χ3v) is 12.4. The first-order chi connectivity index (χ1) is 29.8. The number of hydrogen-bond donors (Lipinski definition) is 0. The SMILES string of the molecule is N#Cc1c(-n2c3ccccc3c3ccccc32)c(C2=CC=CCC2)c(-n2c3c(c4ccccc42)C=CCC#C3)c(-c2ccccc2)c1-n1c2ccccc2c2ccccc21. The number of nitriles is 1. The van der Waals surface area contributed by atoms with E-state index in [1.54, 1.807) is 0 Å². The molecule has 60 heavy (non-hydrogen) atoms. The van der Waals surface area contributed by atoms with E-state index in [1.807, 2.05) is 0 Å². The van der Waals surface area contributed by atoms with Crippen molar-refractivity contribution in [2.24, 2.45) is 0 Å². The van der Waals surface area contributed by atoms with Crippen molar-refractivity contribution >= 4 is 66.2 Å². The highest BCUT2D eigenvalue weighted by atomic mass is 15.1. The number of fused-ring (bicyclic) bond motifs is 9. The third-order valence-electron chi connectivity index (χ3n) is 12.4. The van der Waals surface area contributed by atoms with E-state index in [-0.39, 0.29) is 0 Å². The number of hydrogen-bond acceptors (Lipinski definition) is 1. The minimum atomic E-state index is 0.606. The Labute approximate surface area is 347 Å². The number of aromatic nitrogens is 3. The molecule has 0 atom stereocenters. The highest BCUT2D eigenvalue weighted by Crippen LogP contribution is 2.51. The second-order valence-corrected chi connectivity index (χ2v) is 15.6. The zero-order chi connectivity index (χ0) is 39.7. The minimum Gasteiger partial charge on any atom is -0.307 e. The Hall–Kier alpha value is -8.05. The van der Waals surface area contributed by atoms with Crippen LogP contribution >= 0.6 is 0 Å². The van der Waals surface area contributed by atoms with E-state index >= 15 is 0 Å². The number of rotatable bonds is 5. The van der Waals surface area contributed by atoms with Gasteiger partial charge < -0.3 is 13.7 Å². The number of para-hydroxylation sites is 5. The molecule has 0 radical (unpaired) electrons. The van der Waals surface area contributed by atoms with Crippen LogP contribution in [-0.2, 0) is 0 Å². The molecule has 0 unspecified atom stereocenters. The predicted molar refractivity (Wildman–Crippen MR) is 249 cm³/mol. The average molecular weight is 765 g/mol. The molecule has 12 rings (SSSR count). The van der Waals surface area contributed by atoms with E-state index in [0.29, 0.717) is 12.0 Å². The molecule has 0 amide bonds. The van der Waals surface area contributed by atoms with E-state index in [4.69, 9.17) is 0 Å². The summed E-state index contributed by atoms with van der Waals surface area (Å²) in [7, 11) is 0. The van der Waals surface area contributed by atoms with E-state index in [2.05, 4.69) is 214 Å². The first-order valence-corrected chi connectivity index (χ1v) is 20.6. The molecule has 0 bridgehead atoms. The smallest absolute Gasteiger partial charge is 0.105 e. The van der Waals surface area contributed by atoms with Gasteiger partial charge in [-0.15, -0.1) is 0 Å². The molecule has 0 N–H and O–H groups in total. The minimum absolute atomic E-state index is 0.606. The van der Waals surface area contributed by atoms with Gasteiger partial charge in [0.15, 0.2) is 0 Å². The molecular formula is C56H36N4. The summed E-state index contributed by atoms with van der Waals surface area (Å²) in [5.74, 6) is 7.17. The summed E-state index contributed by atoms with van der Waals surface area (Å²) in [4.78, 5) is 0. The molecule has 3 aromatic heterocycles. The van der Waals surface area contributed by atoms with Crippen molar-refractivity contribution in [2.75, 3.05) is 0 Å². The van der Waals surface area contributed by atoms with E-state index in [0.717, 1.165) is 112 Å². The monoisotopic (exact) mass is 764 g/mol. The number of benzene rings is 7. The van der Waals surface area contributed by atoms with Crippen LogP contribution in [0.5, 0.6) is 0 Å². The first-order valence-electron chi connectivity index (χ1n) is 20.6. The predicted octanol–water partition coefficient (Wildman–Crippen LogP) is 13.9. The molecule has 0 aliphatic heterocycles. The van der Waals surface area contributed by atoms with Crippen LogP contribution in [0.3, 0.4) is 0 Å². The maximum atomic E-state index is 12.2. The van der Waals surface area contributed by atoms with Gasteiger partial charge in [-0.25, -0.2) is 0 Å². The van der Waals surface area contributed by atoms with E-state index in [9.17, 15) is 5.26 Å². The van der Waals surface area contributed by atoms with Crippen molar-refractivity contribution < 1.29 is 0 Å². The summed E-state index contributed by atoms with van der Waals surface area (Å²) >= 11 is 0. The fraction of sp³-hybridized carbons (Fsp3) is 0.0536. The molecule has 0 spiro atoms. The summed E-state index contributed by atoms with van der Waals surface area (Å²) in [6, 6.07) is 56.8. The van der Waals surface area contributed by atoms with Gasteiger partial charge in [-0.3, -0.25) is 0 Å². The summed E-state index contributed by atoms with van der Waals surface area (Å²) in [6.07, 6.45) is 13.5. The fourth-order valence-electron chi connectivity index (χ4n) is 9.97. The molecule has 280 valence electrons. The normalized spacial score (nSPS) is 13.4. The van der Waals surface area contributed by atoms with Crippen LogP contribution in [0.25, 0.3) is 94.4 Å². The molecule has 7 aromatic carbocycles. The van der Waals surface area contributed by atoms with Gasteiger partial charge >= 0.3 is 0 Å². The molecule has 4 heteroatoms. The molecule has 0 fully saturated rings. The van der Waals surface area contributed by atoms with Crippen LogP contribution < -0.4 is 0 Å². The van der Waals surface area contributed by atoms with Crippen LogP contribution in [0.2, 0.25) is 0 Å². The zero-order valence-corrected chi connectivity index (χ0v) is 32.7. The quantitative estimate of drug-likeness (QED) is 0.161. The molecule has 0 saturated carbocycles. The lowest BCUT2D eigenvalue weighted by atomic mass is 9.85. The maximum absolute atomic E-state index is 12.2. The molecule has 0 saturated heterocycles. The fourth-order valence-corrected chi connectivity index (χ4v) is 9.97. The van der Waals surface area contributed by atoms with Crippen molar-refractivity contribution in [3.63, 3.8) is 0 Å². The van der Waals surface area contributed by atoms with E-state index in [1.165, 1.54) is 5.57 Å². The molecule has 10 aromatic rings. The highest BCUT2D eigenvalue weighted by Gasteiger charge is 2.34. The van der Waals surface area contributed by atoms with Gasteiger partial charge in [-0.1, -0.05) is 158 Å². The lowest BCUT2D eigenvalue weighted by Gasteiger charge is -2.29. The Balaban J connectivity index is 1.44. The maximum Gasteiger partial charge on any atom is 0.105 e. The number of allylic oxidation sites excluding steroid dienone is 5. The van der Waals surface area contributed by atoms with E-state index < -0.39 is 0 Å². The van der Waals surface area contributed by atoms with Gasteiger partial charge in [0.25, 0.3) is 0 Å². The van der Waals surface area contributed by atoms with Crippen molar-refractivity contribution in [1.82, 2.24) is 13.7 Å². The Bertz CT molecular complexity index is 3530. The molecule has 2 aliphatic carbocycles. The zero-order valence-electron chi connectivity index (χ0n) is 32.7. The Morgan fingerprint density at radius 3 is 1.53 bits per heavy atom. The van der Waals surface area contributed by atoms with Crippen LogP contribution in [0, 0.1) is 23.2 Å². The lowest BCUT2D eigenvalue weighted by Crippen LogP contribution is -2.16. The van der Waals surface area contributed by atoms with Crippen LogP contribution in [0.15, 0.2) is 176 Å². The average Bonchev–Trinajstić information content (AvgIpc) is 3.85. The van der Waals surface area contributed by atoms with Gasteiger partial charge in [-0.05, 0) is 60.2 Å². The molecule has 4 nitrogen and oxygen atoms in total. The summed E-state index contributed by atoms with van der Waals surface area (Å²) in [5, 5.41) is 17.9. The summed E-state index contributed by atoms with van der Waals surface area (Å²) in [5.41, 5.74) is 14.8. The largest absolute Gasteiger partial charge is 0.307 e. The topological polar surface area (TPSA) is 38.6 Å². The van der Waals surface area contributed by atoms with Gasteiger partial charge in [0.05, 0.1) is 44.6 Å². The van der Waals surface area contributed by atoms with Crippen molar-refractivity contribution in [3.8, 4) is 46.1 Å². The molecule has 3 heterocycles. The van der Waals surface area contributed by atoms with Gasteiger partial charge in [0.1, 0.15) is 17.3 Å².